The van der Waals surface area contributed by atoms with Gasteiger partial charge in [-0.15, -0.1) is 0 Å². The van der Waals surface area contributed by atoms with Crippen LogP contribution in [0.4, 0.5) is 14.9 Å². The van der Waals surface area contributed by atoms with E-state index in [0.29, 0.717) is 6.54 Å². The van der Waals surface area contributed by atoms with Gasteiger partial charge in [0.05, 0.1) is 11.1 Å². The van der Waals surface area contributed by atoms with Crippen molar-refractivity contribution < 1.29 is 14.0 Å². The van der Waals surface area contributed by atoms with Crippen molar-refractivity contribution in [1.29, 1.82) is 0 Å². The summed E-state index contributed by atoms with van der Waals surface area (Å²) in [5.41, 5.74) is -0.494. The SMILES string of the molecule is O=C1NCC2(CCCC2)C(=O)N1c1ccccc1F. The molecule has 19 heavy (non-hydrogen) atoms. The molecule has 1 aromatic carbocycles. The lowest BCUT2D eigenvalue weighted by Gasteiger charge is -2.38. The molecule has 2 aliphatic rings. The highest BCUT2D eigenvalue weighted by Crippen LogP contribution is 2.42. The Labute approximate surface area is 110 Å². The molecular formula is C14H15FN2O2. The zero-order valence-electron chi connectivity index (χ0n) is 10.5. The molecule has 4 nitrogen and oxygen atoms in total. The minimum Gasteiger partial charge on any atom is -0.336 e. The molecule has 1 saturated carbocycles. The van der Waals surface area contributed by atoms with E-state index in [9.17, 15) is 14.0 Å². The normalized spacial score (nSPS) is 21.8. The van der Waals surface area contributed by atoms with E-state index in [1.807, 2.05) is 0 Å². The summed E-state index contributed by atoms with van der Waals surface area (Å²) in [4.78, 5) is 25.5. The summed E-state index contributed by atoms with van der Waals surface area (Å²) in [6, 6.07) is 5.34. The Hall–Kier alpha value is -1.91. The molecule has 2 fully saturated rings. The Bertz CT molecular complexity index is 538. The first-order valence-corrected chi connectivity index (χ1v) is 6.51. The van der Waals surface area contributed by atoms with Gasteiger partial charge in [-0.05, 0) is 25.0 Å². The minimum absolute atomic E-state index is 0.0379. The number of para-hydroxylation sites is 1. The van der Waals surface area contributed by atoms with Crippen LogP contribution < -0.4 is 10.2 Å². The molecule has 3 amide bonds. The van der Waals surface area contributed by atoms with Gasteiger partial charge in [-0.1, -0.05) is 25.0 Å². The smallest absolute Gasteiger partial charge is 0.328 e. The maximum Gasteiger partial charge on any atom is 0.328 e. The van der Waals surface area contributed by atoms with Crippen molar-refractivity contribution in [3.63, 3.8) is 0 Å². The number of nitrogens with zero attached hydrogens (tertiary/aromatic N) is 1. The van der Waals surface area contributed by atoms with E-state index in [1.54, 1.807) is 6.07 Å². The number of carbonyl (C=O) groups excluding carboxylic acids is 2. The molecular weight excluding hydrogens is 247 g/mol. The third-order valence-corrected chi connectivity index (χ3v) is 4.09. The van der Waals surface area contributed by atoms with Gasteiger partial charge in [-0.2, -0.15) is 0 Å². The van der Waals surface area contributed by atoms with Crippen LogP contribution in [-0.4, -0.2) is 18.5 Å². The molecule has 1 spiro atoms. The Kier molecular flexibility index (Phi) is 2.77. The number of hydrogen-bond acceptors (Lipinski definition) is 2. The first kappa shape index (κ1) is 12.1. The summed E-state index contributed by atoms with van der Waals surface area (Å²) in [5.74, 6) is -0.820. The van der Waals surface area contributed by atoms with Crippen molar-refractivity contribution in [3.05, 3.63) is 30.1 Å². The molecule has 100 valence electrons. The van der Waals surface area contributed by atoms with Crippen LogP contribution >= 0.6 is 0 Å². The quantitative estimate of drug-likeness (QED) is 0.845. The molecule has 5 heteroatoms. The van der Waals surface area contributed by atoms with E-state index in [1.165, 1.54) is 18.2 Å². The fourth-order valence-corrected chi connectivity index (χ4v) is 3.02. The molecule has 1 N–H and O–H groups in total. The Morgan fingerprint density at radius 1 is 1.16 bits per heavy atom. The first-order chi connectivity index (χ1) is 9.14. The lowest BCUT2D eigenvalue weighted by Crippen LogP contribution is -2.60. The highest BCUT2D eigenvalue weighted by atomic mass is 19.1. The number of amides is 3. The molecule has 0 radical (unpaired) electrons. The summed E-state index contributed by atoms with van der Waals surface area (Å²) in [7, 11) is 0. The van der Waals surface area contributed by atoms with Gasteiger partial charge in [0.15, 0.2) is 0 Å². The number of imide groups is 1. The predicted octanol–water partition coefficient (Wildman–Crippen LogP) is 2.44. The largest absolute Gasteiger partial charge is 0.336 e. The van der Waals surface area contributed by atoms with Crippen LogP contribution in [0.3, 0.4) is 0 Å². The van der Waals surface area contributed by atoms with Crippen LogP contribution in [0.2, 0.25) is 0 Å². The number of hydrogen-bond donors (Lipinski definition) is 1. The van der Waals surface area contributed by atoms with Crippen LogP contribution in [-0.2, 0) is 4.79 Å². The molecule has 1 saturated heterocycles. The Morgan fingerprint density at radius 3 is 2.53 bits per heavy atom. The van der Waals surface area contributed by atoms with Crippen molar-refractivity contribution in [3.8, 4) is 0 Å². The Balaban J connectivity index is 2.01. The molecule has 1 heterocycles. The van der Waals surface area contributed by atoms with Crippen LogP contribution in [0.15, 0.2) is 24.3 Å². The molecule has 0 aromatic heterocycles. The second kappa shape index (κ2) is 4.33. The zero-order chi connectivity index (χ0) is 13.5. The maximum absolute atomic E-state index is 13.8. The Morgan fingerprint density at radius 2 is 1.84 bits per heavy atom. The number of nitrogens with one attached hydrogen (secondary N) is 1. The van der Waals surface area contributed by atoms with Crippen molar-refractivity contribution in [2.75, 3.05) is 11.4 Å². The van der Waals surface area contributed by atoms with Crippen LogP contribution in [0, 0.1) is 11.2 Å². The maximum atomic E-state index is 13.8. The average molecular weight is 262 g/mol. The number of halogens is 1. The zero-order valence-corrected chi connectivity index (χ0v) is 10.5. The second-order valence-corrected chi connectivity index (χ2v) is 5.24. The summed E-state index contributed by atoms with van der Waals surface area (Å²) in [6.07, 6.45) is 3.48. The lowest BCUT2D eigenvalue weighted by molar-refractivity contribution is -0.127. The van der Waals surface area contributed by atoms with Gasteiger partial charge in [0.25, 0.3) is 0 Å². The van der Waals surface area contributed by atoms with Crippen molar-refractivity contribution >= 4 is 17.6 Å². The summed E-state index contributed by atoms with van der Waals surface area (Å²) < 4.78 is 13.8. The number of carbonyl (C=O) groups is 2. The lowest BCUT2D eigenvalue weighted by atomic mass is 9.83. The standard InChI is InChI=1S/C14H15FN2O2/c15-10-5-1-2-6-11(10)17-12(18)14(7-3-4-8-14)9-16-13(17)19/h1-2,5-6H,3-4,7-9H2,(H,16,19). The van der Waals surface area contributed by atoms with Gasteiger partial charge in [0.1, 0.15) is 5.82 Å². The highest BCUT2D eigenvalue weighted by Gasteiger charge is 2.49. The number of anilines is 1. The monoisotopic (exact) mass is 262 g/mol. The number of benzene rings is 1. The van der Waals surface area contributed by atoms with Gasteiger partial charge in [-0.25, -0.2) is 14.1 Å². The van der Waals surface area contributed by atoms with E-state index in [0.717, 1.165) is 30.6 Å². The molecule has 1 aliphatic carbocycles. The fourth-order valence-electron chi connectivity index (χ4n) is 3.02. The topological polar surface area (TPSA) is 49.4 Å². The van der Waals surface area contributed by atoms with Crippen LogP contribution in [0.25, 0.3) is 0 Å². The first-order valence-electron chi connectivity index (χ1n) is 6.51. The van der Waals surface area contributed by atoms with Crippen molar-refractivity contribution in [1.82, 2.24) is 5.32 Å². The van der Waals surface area contributed by atoms with Crippen LogP contribution in [0.1, 0.15) is 25.7 Å². The van der Waals surface area contributed by atoms with E-state index >= 15 is 0 Å². The van der Waals surface area contributed by atoms with E-state index in [4.69, 9.17) is 0 Å². The fraction of sp³-hybridized carbons (Fsp3) is 0.429. The third kappa shape index (κ3) is 1.80. The molecule has 0 atom stereocenters. The molecule has 1 aliphatic heterocycles. The van der Waals surface area contributed by atoms with Crippen molar-refractivity contribution in [2.24, 2.45) is 5.41 Å². The van der Waals surface area contributed by atoms with Crippen LogP contribution in [0.5, 0.6) is 0 Å². The van der Waals surface area contributed by atoms with Gasteiger partial charge in [-0.3, -0.25) is 4.79 Å². The average Bonchev–Trinajstić information content (AvgIpc) is 2.87. The summed E-state index contributed by atoms with van der Waals surface area (Å²) >= 11 is 0. The van der Waals surface area contributed by atoms with Gasteiger partial charge in [0.2, 0.25) is 5.91 Å². The summed E-state index contributed by atoms with van der Waals surface area (Å²) in [5, 5.41) is 2.72. The van der Waals surface area contributed by atoms with E-state index in [2.05, 4.69) is 5.32 Å². The van der Waals surface area contributed by atoms with E-state index < -0.39 is 17.3 Å². The van der Waals surface area contributed by atoms with Gasteiger partial charge < -0.3 is 5.32 Å². The van der Waals surface area contributed by atoms with Gasteiger partial charge >= 0.3 is 6.03 Å². The summed E-state index contributed by atoms with van der Waals surface area (Å²) in [6.45, 7) is 0.371. The number of rotatable bonds is 1. The number of urea groups is 1. The molecule has 0 bridgehead atoms. The highest BCUT2D eigenvalue weighted by molar-refractivity contribution is 6.18. The third-order valence-electron chi connectivity index (χ3n) is 4.09. The molecule has 0 unspecified atom stereocenters. The van der Waals surface area contributed by atoms with Gasteiger partial charge in [0, 0.05) is 6.54 Å². The molecule has 3 rings (SSSR count). The second-order valence-electron chi connectivity index (χ2n) is 5.24. The van der Waals surface area contributed by atoms with E-state index in [-0.39, 0.29) is 11.6 Å². The molecule has 1 aromatic rings. The minimum atomic E-state index is -0.555. The predicted molar refractivity (Wildman–Crippen MR) is 68.2 cm³/mol. The van der Waals surface area contributed by atoms with Crippen molar-refractivity contribution in [2.45, 2.75) is 25.7 Å².